The van der Waals surface area contributed by atoms with Crippen LogP contribution in [0, 0.1) is 0 Å². The Bertz CT molecular complexity index is 1230. The Hall–Kier alpha value is -3.16. The fourth-order valence-electron chi connectivity index (χ4n) is 4.55. The number of amides is 1. The Morgan fingerprint density at radius 1 is 1.17 bits per heavy atom. The van der Waals surface area contributed by atoms with Gasteiger partial charge >= 0.3 is 6.09 Å². The molecule has 0 unspecified atom stereocenters. The quantitative estimate of drug-likeness (QED) is 0.530. The van der Waals surface area contributed by atoms with Crippen molar-refractivity contribution in [1.29, 1.82) is 0 Å². The van der Waals surface area contributed by atoms with E-state index in [0.29, 0.717) is 0 Å². The summed E-state index contributed by atoms with van der Waals surface area (Å²) in [4.78, 5) is 21.9. The Morgan fingerprint density at radius 3 is 2.64 bits per heavy atom. The number of halogens is 1. The molecule has 5 rings (SSSR count). The Balaban J connectivity index is 0.000000214. The van der Waals surface area contributed by atoms with E-state index in [2.05, 4.69) is 51.1 Å². The lowest BCUT2D eigenvalue weighted by molar-refractivity contribution is 0.0732. The molecule has 1 amide bonds. The molecule has 2 aliphatic rings. The summed E-state index contributed by atoms with van der Waals surface area (Å²) in [5.74, 6) is 0.209. The van der Waals surface area contributed by atoms with E-state index in [9.17, 15) is 4.79 Å². The highest BCUT2D eigenvalue weighted by molar-refractivity contribution is 6.30. The maximum atomic E-state index is 11.3. The summed E-state index contributed by atoms with van der Waals surface area (Å²) in [6.07, 6.45) is 8.50. The van der Waals surface area contributed by atoms with Crippen molar-refractivity contribution < 1.29 is 9.53 Å². The van der Waals surface area contributed by atoms with Gasteiger partial charge in [-0.3, -0.25) is 4.98 Å². The van der Waals surface area contributed by atoms with Gasteiger partial charge < -0.3 is 19.5 Å². The largest absolute Gasteiger partial charge is 0.447 e. The van der Waals surface area contributed by atoms with Gasteiger partial charge in [-0.2, -0.15) is 0 Å². The van der Waals surface area contributed by atoms with Gasteiger partial charge in [0.2, 0.25) is 0 Å². The van der Waals surface area contributed by atoms with Crippen molar-refractivity contribution in [2.75, 3.05) is 26.2 Å². The van der Waals surface area contributed by atoms with Gasteiger partial charge in [-0.1, -0.05) is 30.7 Å². The van der Waals surface area contributed by atoms with Crippen LogP contribution in [0.1, 0.15) is 54.8 Å². The zero-order valence-corrected chi connectivity index (χ0v) is 22.1. The zero-order valence-electron chi connectivity index (χ0n) is 21.4. The van der Waals surface area contributed by atoms with Crippen molar-refractivity contribution in [3.8, 4) is 0 Å². The number of allylic oxidation sites excluding steroid dienone is 1. The van der Waals surface area contributed by atoms with Gasteiger partial charge in [-0.05, 0) is 60.4 Å². The van der Waals surface area contributed by atoms with Crippen molar-refractivity contribution in [2.24, 2.45) is 7.05 Å². The maximum Gasteiger partial charge on any atom is 0.410 e. The lowest BCUT2D eigenvalue weighted by atomic mass is 9.88. The number of hydrogen-bond donors (Lipinski definition) is 1. The van der Waals surface area contributed by atoms with Gasteiger partial charge in [-0.15, -0.1) is 0 Å². The van der Waals surface area contributed by atoms with Gasteiger partial charge in [0.15, 0.2) is 0 Å². The number of benzene rings is 1. The number of piperazine rings is 1. The summed E-state index contributed by atoms with van der Waals surface area (Å²) in [6.45, 7) is 9.19. The topological polar surface area (TPSA) is 72.3 Å². The zero-order chi connectivity index (χ0) is 25.7. The van der Waals surface area contributed by atoms with E-state index in [1.807, 2.05) is 51.7 Å². The lowest BCUT2D eigenvalue weighted by Crippen LogP contribution is -2.47. The summed E-state index contributed by atoms with van der Waals surface area (Å²) in [7, 11) is 2.03. The number of ether oxygens (including phenoxy) is 1. The minimum Gasteiger partial charge on any atom is -0.447 e. The van der Waals surface area contributed by atoms with Gasteiger partial charge in [0.1, 0.15) is 0 Å². The van der Waals surface area contributed by atoms with E-state index in [1.54, 1.807) is 4.90 Å². The normalized spacial score (nSPS) is 15.6. The van der Waals surface area contributed by atoms with E-state index < -0.39 is 0 Å². The van der Waals surface area contributed by atoms with Crippen molar-refractivity contribution in [3.05, 3.63) is 82.2 Å². The summed E-state index contributed by atoms with van der Waals surface area (Å²) >= 11 is 6.31. The molecule has 8 heteroatoms. The molecular weight excluding hydrogens is 474 g/mol. The number of nitrogens with zero attached hydrogens (tertiary/aromatic N) is 4. The van der Waals surface area contributed by atoms with Crippen LogP contribution in [-0.2, 0) is 18.2 Å². The average Bonchev–Trinajstić information content (AvgIpc) is 3.23. The molecule has 1 N–H and O–H groups in total. The second-order valence-electron chi connectivity index (χ2n) is 9.44. The number of aryl methyl sites for hydroxylation is 1. The predicted molar refractivity (Wildman–Crippen MR) is 144 cm³/mol. The Morgan fingerprint density at radius 2 is 1.94 bits per heavy atom. The Labute approximate surface area is 218 Å². The molecule has 1 aromatic carbocycles. The molecule has 190 valence electrons. The molecule has 0 radical (unpaired) electrons. The van der Waals surface area contributed by atoms with E-state index in [-0.39, 0.29) is 18.1 Å². The van der Waals surface area contributed by atoms with Crippen molar-refractivity contribution in [3.63, 3.8) is 0 Å². The third-order valence-electron chi connectivity index (χ3n) is 6.45. The third-order valence-corrected chi connectivity index (χ3v) is 6.69. The highest BCUT2D eigenvalue weighted by Gasteiger charge is 2.23. The molecule has 0 spiro atoms. The van der Waals surface area contributed by atoms with Crippen LogP contribution in [0.3, 0.4) is 0 Å². The first-order valence-electron chi connectivity index (χ1n) is 12.4. The summed E-state index contributed by atoms with van der Waals surface area (Å²) in [6, 6.07) is 10.3. The van der Waals surface area contributed by atoms with Gasteiger partial charge in [0.05, 0.1) is 18.1 Å². The summed E-state index contributed by atoms with van der Waals surface area (Å²) < 4.78 is 7.12. The highest BCUT2D eigenvalue weighted by atomic mass is 35.5. The van der Waals surface area contributed by atoms with Crippen LogP contribution in [0.25, 0.3) is 11.6 Å². The number of rotatable bonds is 3. The van der Waals surface area contributed by atoms with E-state index >= 15 is 0 Å². The molecule has 1 fully saturated rings. The number of pyridine rings is 1. The number of carbonyl (C=O) groups excluding carboxylic acids is 1. The van der Waals surface area contributed by atoms with Crippen LogP contribution >= 0.6 is 11.6 Å². The fourth-order valence-corrected chi connectivity index (χ4v) is 4.72. The number of imidazole rings is 1. The van der Waals surface area contributed by atoms with E-state index in [0.717, 1.165) is 43.3 Å². The van der Waals surface area contributed by atoms with Gasteiger partial charge in [-0.25, -0.2) is 9.78 Å². The van der Waals surface area contributed by atoms with Crippen LogP contribution in [0.2, 0.25) is 5.02 Å². The molecule has 36 heavy (non-hydrogen) atoms. The van der Waals surface area contributed by atoms with Crippen molar-refractivity contribution >= 4 is 29.3 Å². The standard InChI is InChI=1S/C20H18ClN3.C8H16N2O2/c1-13(20-11-22-12-24(20)2)17-8-15-4-3-7-23-19(15)9-14-5-6-16(21)10-18(14)17;1-7(2)12-8(11)10-5-3-9-4-6-10/h3-8,10-13H,9H2,1-2H3;7,9H,3-6H2,1-2H3/t13-;/m1./s1. The molecule has 3 aromatic rings. The third kappa shape index (κ3) is 6.15. The Kier molecular flexibility index (Phi) is 8.44. The van der Waals surface area contributed by atoms with Crippen LogP contribution < -0.4 is 5.32 Å². The number of carbonyl (C=O) groups is 1. The van der Waals surface area contributed by atoms with E-state index in [4.69, 9.17) is 16.3 Å². The fraction of sp³-hybridized carbons (Fsp3) is 0.393. The summed E-state index contributed by atoms with van der Waals surface area (Å²) in [5, 5.41) is 3.93. The molecule has 7 nitrogen and oxygen atoms in total. The first kappa shape index (κ1) is 25.9. The predicted octanol–water partition coefficient (Wildman–Crippen LogP) is 5.15. The number of aromatic nitrogens is 3. The van der Waals surface area contributed by atoms with Crippen LogP contribution in [0.4, 0.5) is 4.79 Å². The smallest absolute Gasteiger partial charge is 0.410 e. The van der Waals surface area contributed by atoms with Gasteiger partial charge in [0, 0.05) is 68.7 Å². The molecule has 1 aliphatic heterocycles. The SMILES string of the molecule is CC(C)OC(=O)N1CCNCC1.C[C@H](C1=Cc2cccnc2Cc2ccc(Cl)cc21)c1cncn1C. The molecular formula is C28H34ClN5O2. The van der Waals surface area contributed by atoms with Crippen LogP contribution in [0.15, 0.2) is 49.1 Å². The van der Waals surface area contributed by atoms with Crippen molar-refractivity contribution in [1.82, 2.24) is 24.8 Å². The molecule has 2 aromatic heterocycles. The number of fused-ring (bicyclic) bond motifs is 2. The van der Waals surface area contributed by atoms with Crippen LogP contribution in [-0.4, -0.2) is 57.8 Å². The highest BCUT2D eigenvalue weighted by Crippen LogP contribution is 2.39. The lowest BCUT2D eigenvalue weighted by Gasteiger charge is -2.27. The molecule has 0 bridgehead atoms. The monoisotopic (exact) mass is 507 g/mol. The molecule has 1 atom stereocenters. The minimum absolute atomic E-state index is 0.0209. The average molecular weight is 508 g/mol. The molecule has 0 saturated carbocycles. The second-order valence-corrected chi connectivity index (χ2v) is 9.87. The second kappa shape index (κ2) is 11.7. The summed E-state index contributed by atoms with van der Waals surface area (Å²) in [5.41, 5.74) is 7.18. The maximum absolute atomic E-state index is 11.3. The molecule has 3 heterocycles. The first-order chi connectivity index (χ1) is 17.3. The van der Waals surface area contributed by atoms with Crippen molar-refractivity contribution in [2.45, 2.75) is 39.2 Å². The number of hydrogen-bond acceptors (Lipinski definition) is 5. The van der Waals surface area contributed by atoms with E-state index in [1.165, 1.54) is 28.0 Å². The van der Waals surface area contributed by atoms with Crippen LogP contribution in [0.5, 0.6) is 0 Å². The first-order valence-corrected chi connectivity index (χ1v) is 12.8. The minimum atomic E-state index is -0.188. The molecule has 1 aliphatic carbocycles. The van der Waals surface area contributed by atoms with Gasteiger partial charge in [0.25, 0.3) is 0 Å². The molecule has 1 saturated heterocycles. The number of nitrogens with one attached hydrogen (secondary N) is 1.